The van der Waals surface area contributed by atoms with E-state index in [9.17, 15) is 61.0 Å². The highest BCUT2D eigenvalue weighted by atomic mass is 16.8. The lowest BCUT2D eigenvalue weighted by Gasteiger charge is -2.48. The fraction of sp³-hybridized carbons (Fsp3) is 0.794. The van der Waals surface area contributed by atoms with Crippen LogP contribution < -0.4 is 5.32 Å². The molecule has 0 aromatic heterocycles. The second kappa shape index (κ2) is 45.5. The van der Waals surface area contributed by atoms with Crippen LogP contribution in [0.15, 0.2) is 72.9 Å². The average Bonchev–Trinajstić information content (AvgIpc) is 3.60. The van der Waals surface area contributed by atoms with Crippen molar-refractivity contribution in [3.8, 4) is 0 Å². The van der Waals surface area contributed by atoms with Crippen molar-refractivity contribution < 1.29 is 89.4 Å². The van der Waals surface area contributed by atoms with Gasteiger partial charge in [-0.3, -0.25) is 4.79 Å². The Balaban J connectivity index is 1.33. The van der Waals surface area contributed by atoms with Crippen LogP contribution in [0.4, 0.5) is 0 Å². The Morgan fingerprint density at radius 2 is 0.841 bits per heavy atom. The summed E-state index contributed by atoms with van der Waals surface area (Å²) in [6, 6.07) is -0.888. The number of hydrogen-bond acceptors (Lipinski definition) is 18. The van der Waals surface area contributed by atoms with Crippen LogP contribution in [0.3, 0.4) is 0 Å². The third kappa shape index (κ3) is 28.6. The first-order chi connectivity index (χ1) is 39.8. The number of ether oxygens (including phenoxy) is 6. The van der Waals surface area contributed by atoms with E-state index in [0.29, 0.717) is 12.8 Å². The SMILES string of the molecule is CC/C=C\C/C=C\C/C=C\C/C=C\C/C=C\C/C=C\CCCCCCCCCCCCCCC(=O)NC(COC1OC(CO)C(OC2OC(CO)C(OC3OC(CO)C(O)C(O)C3O)C(O)C2O)C(O)C1O)C(O)CCCCCCCC. The number of hydrogen-bond donors (Lipinski definition) is 12. The van der Waals surface area contributed by atoms with Crippen molar-refractivity contribution >= 4 is 5.91 Å². The molecule has 3 fully saturated rings. The highest BCUT2D eigenvalue weighted by molar-refractivity contribution is 5.76. The average molecular weight is 1170 g/mol. The first-order valence-electron chi connectivity index (χ1n) is 31.2. The molecule has 19 heteroatoms. The molecule has 3 aliphatic rings. The van der Waals surface area contributed by atoms with Crippen LogP contribution in [0.25, 0.3) is 0 Å². The molecule has 3 aliphatic heterocycles. The molecule has 1 amide bonds. The molecule has 0 saturated carbocycles. The van der Waals surface area contributed by atoms with E-state index < -0.39 is 124 Å². The van der Waals surface area contributed by atoms with E-state index in [1.54, 1.807) is 0 Å². The van der Waals surface area contributed by atoms with E-state index in [0.717, 1.165) is 103 Å². The molecule has 0 aromatic rings. The maximum atomic E-state index is 13.3. The van der Waals surface area contributed by atoms with Gasteiger partial charge in [-0.05, 0) is 64.2 Å². The maximum absolute atomic E-state index is 13.3. The van der Waals surface area contributed by atoms with Gasteiger partial charge in [0.2, 0.25) is 5.91 Å². The Labute approximate surface area is 489 Å². The van der Waals surface area contributed by atoms with Gasteiger partial charge < -0.3 is 89.9 Å². The number of aliphatic hydroxyl groups excluding tert-OH is 11. The Morgan fingerprint density at radius 3 is 1.32 bits per heavy atom. The predicted molar refractivity (Wildman–Crippen MR) is 314 cm³/mol. The minimum Gasteiger partial charge on any atom is -0.394 e. The Bertz CT molecular complexity index is 1780. The summed E-state index contributed by atoms with van der Waals surface area (Å²) in [6.07, 6.45) is 27.7. The molecular formula is C63H109NO18. The fourth-order valence-electron chi connectivity index (χ4n) is 10.2. The second-order valence-corrected chi connectivity index (χ2v) is 22.1. The van der Waals surface area contributed by atoms with Crippen molar-refractivity contribution in [3.05, 3.63) is 72.9 Å². The van der Waals surface area contributed by atoms with Crippen molar-refractivity contribution in [1.82, 2.24) is 5.32 Å². The molecule has 12 N–H and O–H groups in total. The third-order valence-corrected chi connectivity index (χ3v) is 15.3. The summed E-state index contributed by atoms with van der Waals surface area (Å²) in [5.74, 6) is -0.255. The number of rotatable bonds is 45. The van der Waals surface area contributed by atoms with Crippen LogP contribution in [0, 0.1) is 0 Å². The summed E-state index contributed by atoms with van der Waals surface area (Å²) in [5, 5.41) is 120. The molecule has 0 bridgehead atoms. The lowest BCUT2D eigenvalue weighted by atomic mass is 9.96. The van der Waals surface area contributed by atoms with E-state index in [4.69, 9.17) is 28.4 Å². The van der Waals surface area contributed by atoms with E-state index in [1.165, 1.54) is 51.4 Å². The minimum absolute atomic E-state index is 0.255. The normalized spacial score (nSPS) is 30.1. The van der Waals surface area contributed by atoms with Crippen LogP contribution in [-0.2, 0) is 33.2 Å². The van der Waals surface area contributed by atoms with Crippen molar-refractivity contribution in [2.45, 2.75) is 291 Å². The third-order valence-electron chi connectivity index (χ3n) is 15.3. The first kappa shape index (κ1) is 73.5. The lowest BCUT2D eigenvalue weighted by Crippen LogP contribution is -2.66. The largest absolute Gasteiger partial charge is 0.394 e. The first-order valence-corrected chi connectivity index (χ1v) is 31.2. The highest BCUT2D eigenvalue weighted by Gasteiger charge is 2.53. The molecule has 0 radical (unpaired) electrons. The number of allylic oxidation sites excluding steroid dienone is 12. The molecule has 0 aliphatic carbocycles. The second-order valence-electron chi connectivity index (χ2n) is 22.1. The standard InChI is InChI=1S/C63H109NO18/c1-3-5-7-9-11-12-13-14-15-16-17-18-19-20-21-22-23-24-25-26-27-28-29-30-31-32-33-34-35-37-39-41-51(69)64-46(47(68)40-38-36-10-8-6-4-2)45-77-61-57(75)54(72)59(49(43-66)79-61)82-63-58(76)55(73)60(50(44-67)80-63)81-62-56(74)53(71)52(70)48(42-65)78-62/h5,7,11-12,14-15,17-18,20-21,23-24,46-50,52-63,65-68,70-76H,3-4,6,8-10,13,16,19,22,25-45H2,1-2H3,(H,64,69)/b7-5-,12-11-,15-14-,18-17-,21-20-,24-23-. The predicted octanol–water partition coefficient (Wildman–Crippen LogP) is 6.21. The van der Waals surface area contributed by atoms with E-state index >= 15 is 0 Å². The number of carbonyl (C=O) groups excluding carboxylic acids is 1. The van der Waals surface area contributed by atoms with E-state index in [2.05, 4.69) is 92.1 Å². The lowest BCUT2D eigenvalue weighted by molar-refractivity contribution is -0.379. The summed E-state index contributed by atoms with van der Waals surface area (Å²) < 4.78 is 34.2. The van der Waals surface area contributed by atoms with Gasteiger partial charge >= 0.3 is 0 Å². The highest BCUT2D eigenvalue weighted by Crippen LogP contribution is 2.33. The number of nitrogens with one attached hydrogen (secondary N) is 1. The summed E-state index contributed by atoms with van der Waals surface area (Å²) in [4.78, 5) is 13.3. The minimum atomic E-state index is -1.97. The van der Waals surface area contributed by atoms with Crippen LogP contribution >= 0.6 is 0 Å². The van der Waals surface area contributed by atoms with Gasteiger partial charge in [0.15, 0.2) is 18.9 Å². The van der Waals surface area contributed by atoms with Gasteiger partial charge in [0.05, 0.1) is 38.6 Å². The molecule has 474 valence electrons. The van der Waals surface area contributed by atoms with Crippen LogP contribution in [0.5, 0.6) is 0 Å². The van der Waals surface area contributed by atoms with Crippen LogP contribution in [-0.4, -0.2) is 193 Å². The number of unbranched alkanes of at least 4 members (excludes halogenated alkanes) is 17. The number of aliphatic hydroxyl groups is 11. The van der Waals surface area contributed by atoms with Gasteiger partial charge in [0, 0.05) is 6.42 Å². The Hall–Kier alpha value is -2.77. The Morgan fingerprint density at radius 1 is 0.451 bits per heavy atom. The molecular weight excluding hydrogens is 1060 g/mol. The quantitative estimate of drug-likeness (QED) is 0.0238. The van der Waals surface area contributed by atoms with Crippen molar-refractivity contribution in [2.24, 2.45) is 0 Å². The maximum Gasteiger partial charge on any atom is 0.220 e. The molecule has 17 unspecified atom stereocenters. The number of amides is 1. The number of carbonyl (C=O) groups is 1. The van der Waals surface area contributed by atoms with Crippen molar-refractivity contribution in [3.63, 3.8) is 0 Å². The van der Waals surface area contributed by atoms with Crippen molar-refractivity contribution in [2.75, 3.05) is 26.4 Å². The summed E-state index contributed by atoms with van der Waals surface area (Å²) in [7, 11) is 0. The van der Waals surface area contributed by atoms with Gasteiger partial charge in [-0.15, -0.1) is 0 Å². The molecule has 19 nitrogen and oxygen atoms in total. The summed E-state index contributed by atoms with van der Waals surface area (Å²) in [5.41, 5.74) is 0. The molecule has 17 atom stereocenters. The zero-order valence-corrected chi connectivity index (χ0v) is 49.4. The molecule has 0 aromatic carbocycles. The van der Waals surface area contributed by atoms with E-state index in [-0.39, 0.29) is 18.9 Å². The molecule has 3 rings (SSSR count). The van der Waals surface area contributed by atoms with Gasteiger partial charge in [0.1, 0.15) is 73.2 Å². The molecule has 0 spiro atoms. The molecule has 3 saturated heterocycles. The van der Waals surface area contributed by atoms with Gasteiger partial charge in [-0.1, -0.05) is 189 Å². The zero-order valence-electron chi connectivity index (χ0n) is 49.4. The van der Waals surface area contributed by atoms with Gasteiger partial charge in [-0.25, -0.2) is 0 Å². The summed E-state index contributed by atoms with van der Waals surface area (Å²) in [6.45, 7) is 1.57. The van der Waals surface area contributed by atoms with Crippen LogP contribution in [0.1, 0.15) is 187 Å². The zero-order chi connectivity index (χ0) is 59.7. The van der Waals surface area contributed by atoms with E-state index in [1.807, 2.05) is 0 Å². The fourth-order valence-corrected chi connectivity index (χ4v) is 10.2. The van der Waals surface area contributed by atoms with Crippen molar-refractivity contribution in [1.29, 1.82) is 0 Å². The molecule has 3 heterocycles. The Kier molecular flexibility index (Phi) is 40.8. The topological polar surface area (TPSA) is 307 Å². The smallest absolute Gasteiger partial charge is 0.220 e. The van der Waals surface area contributed by atoms with Gasteiger partial charge in [0.25, 0.3) is 0 Å². The molecule has 82 heavy (non-hydrogen) atoms. The van der Waals surface area contributed by atoms with Gasteiger partial charge in [-0.2, -0.15) is 0 Å². The van der Waals surface area contributed by atoms with Crippen LogP contribution in [0.2, 0.25) is 0 Å². The monoisotopic (exact) mass is 1170 g/mol. The summed E-state index contributed by atoms with van der Waals surface area (Å²) >= 11 is 0.